The van der Waals surface area contributed by atoms with Gasteiger partial charge in [-0.25, -0.2) is 0 Å². The van der Waals surface area contributed by atoms with Gasteiger partial charge in [0.2, 0.25) is 0 Å². The van der Waals surface area contributed by atoms with Gasteiger partial charge in [0.15, 0.2) is 0 Å². The molecule has 0 amide bonds. The molecule has 4 heteroatoms. The smallest absolute Gasteiger partial charge is 0.141 e. The molecule has 0 bridgehead atoms. The van der Waals surface area contributed by atoms with Crippen LogP contribution in [0.4, 0.5) is 0 Å². The van der Waals surface area contributed by atoms with Crippen LogP contribution in [0.3, 0.4) is 0 Å². The van der Waals surface area contributed by atoms with Crippen molar-refractivity contribution in [2.45, 2.75) is 32.7 Å². The molecule has 2 aromatic rings. The largest absolute Gasteiger partial charge is 0.327 e. The first-order valence-corrected chi connectivity index (χ1v) is 5.84. The van der Waals surface area contributed by atoms with Crippen LogP contribution >= 0.6 is 0 Å². The third kappa shape index (κ3) is 2.22. The molecule has 2 unspecified atom stereocenters. The minimum absolute atomic E-state index is 0.0565. The minimum Gasteiger partial charge on any atom is -0.327 e. The van der Waals surface area contributed by atoms with Crippen molar-refractivity contribution >= 4 is 0 Å². The Morgan fingerprint density at radius 2 is 1.76 bits per heavy atom. The number of benzene rings is 1. The van der Waals surface area contributed by atoms with Gasteiger partial charge in [-0.1, -0.05) is 25.1 Å². The Labute approximate surface area is 101 Å². The lowest BCUT2D eigenvalue weighted by Gasteiger charge is -2.16. The maximum Gasteiger partial charge on any atom is 0.141 e. The molecule has 0 fully saturated rings. The normalized spacial score (nSPS) is 14.6. The zero-order chi connectivity index (χ0) is 12.4. The Hall–Kier alpha value is -1.68. The summed E-state index contributed by atoms with van der Waals surface area (Å²) in [5.41, 5.74) is 7.02. The molecule has 2 rings (SSSR count). The van der Waals surface area contributed by atoms with Crippen LogP contribution in [0.25, 0.3) is 5.69 Å². The Bertz CT molecular complexity index is 487. The Morgan fingerprint density at radius 3 is 2.35 bits per heavy atom. The molecule has 4 nitrogen and oxygen atoms in total. The summed E-state index contributed by atoms with van der Waals surface area (Å²) < 4.78 is 2.06. The van der Waals surface area contributed by atoms with E-state index in [0.717, 1.165) is 17.3 Å². The van der Waals surface area contributed by atoms with Gasteiger partial charge in [0.05, 0.1) is 0 Å². The highest BCUT2D eigenvalue weighted by Gasteiger charge is 2.19. The number of para-hydroxylation sites is 1. The van der Waals surface area contributed by atoms with Crippen molar-refractivity contribution in [1.29, 1.82) is 0 Å². The molecule has 2 atom stereocenters. The average Bonchev–Trinajstić information content (AvgIpc) is 2.71. The molecule has 0 saturated carbocycles. The van der Waals surface area contributed by atoms with Gasteiger partial charge in [-0.3, -0.25) is 4.57 Å². The van der Waals surface area contributed by atoms with Crippen LogP contribution in [0.1, 0.15) is 31.4 Å². The summed E-state index contributed by atoms with van der Waals surface area (Å²) in [7, 11) is 0. The lowest BCUT2D eigenvalue weighted by molar-refractivity contribution is 0.570. The first-order chi connectivity index (χ1) is 8.11. The SMILES string of the molecule is Cc1nnc(C(C)C(C)N)n1-c1ccccc1. The third-order valence-corrected chi connectivity index (χ3v) is 3.06. The van der Waals surface area contributed by atoms with Gasteiger partial charge in [-0.05, 0) is 26.0 Å². The van der Waals surface area contributed by atoms with E-state index < -0.39 is 0 Å². The summed E-state index contributed by atoms with van der Waals surface area (Å²) >= 11 is 0. The molecule has 2 N–H and O–H groups in total. The minimum atomic E-state index is 0.0565. The molecule has 90 valence electrons. The molecule has 0 aliphatic carbocycles. The van der Waals surface area contributed by atoms with E-state index in [1.54, 1.807) is 0 Å². The summed E-state index contributed by atoms with van der Waals surface area (Å²) in [6.45, 7) is 6.02. The van der Waals surface area contributed by atoms with E-state index in [1.165, 1.54) is 0 Å². The number of rotatable bonds is 3. The molecule has 1 aromatic carbocycles. The van der Waals surface area contributed by atoms with Crippen molar-refractivity contribution < 1.29 is 0 Å². The summed E-state index contributed by atoms with van der Waals surface area (Å²) in [6, 6.07) is 10.2. The zero-order valence-electron chi connectivity index (χ0n) is 10.5. The predicted molar refractivity (Wildman–Crippen MR) is 68.2 cm³/mol. The van der Waals surface area contributed by atoms with E-state index in [9.17, 15) is 0 Å². The molecule has 17 heavy (non-hydrogen) atoms. The second kappa shape index (κ2) is 4.67. The first kappa shape index (κ1) is 11.8. The fourth-order valence-electron chi connectivity index (χ4n) is 1.80. The lowest BCUT2D eigenvalue weighted by Crippen LogP contribution is -2.25. The van der Waals surface area contributed by atoms with E-state index in [-0.39, 0.29) is 12.0 Å². The average molecular weight is 230 g/mol. The summed E-state index contributed by atoms with van der Waals surface area (Å²) in [5, 5.41) is 8.40. The van der Waals surface area contributed by atoms with Crippen LogP contribution in [0.2, 0.25) is 0 Å². The number of aryl methyl sites for hydroxylation is 1. The van der Waals surface area contributed by atoms with Crippen molar-refractivity contribution in [2.24, 2.45) is 5.73 Å². The molecule has 0 aliphatic rings. The second-order valence-corrected chi connectivity index (χ2v) is 4.42. The number of aromatic nitrogens is 3. The quantitative estimate of drug-likeness (QED) is 0.877. The topological polar surface area (TPSA) is 56.7 Å². The summed E-state index contributed by atoms with van der Waals surface area (Å²) in [6.07, 6.45) is 0. The van der Waals surface area contributed by atoms with E-state index in [2.05, 4.69) is 21.7 Å². The van der Waals surface area contributed by atoms with Crippen molar-refractivity contribution in [3.8, 4) is 5.69 Å². The predicted octanol–water partition coefficient (Wildman–Crippen LogP) is 2.03. The highest BCUT2D eigenvalue weighted by Crippen LogP contribution is 2.21. The fraction of sp³-hybridized carbons (Fsp3) is 0.385. The van der Waals surface area contributed by atoms with E-state index in [0.29, 0.717) is 0 Å². The summed E-state index contributed by atoms with van der Waals surface area (Å²) in [4.78, 5) is 0. The van der Waals surface area contributed by atoms with Gasteiger partial charge in [-0.15, -0.1) is 10.2 Å². The Kier molecular flexibility index (Phi) is 3.24. The maximum atomic E-state index is 5.94. The second-order valence-electron chi connectivity index (χ2n) is 4.42. The maximum absolute atomic E-state index is 5.94. The standard InChI is InChI=1S/C13H18N4/c1-9(10(2)14)13-16-15-11(3)17(13)12-7-5-4-6-8-12/h4-10H,14H2,1-3H3. The van der Waals surface area contributed by atoms with Gasteiger partial charge < -0.3 is 5.73 Å². The van der Waals surface area contributed by atoms with Crippen molar-refractivity contribution in [3.63, 3.8) is 0 Å². The molecular formula is C13H18N4. The molecule has 0 saturated heterocycles. The molecule has 1 aromatic heterocycles. The van der Waals surface area contributed by atoms with Crippen LogP contribution < -0.4 is 5.73 Å². The van der Waals surface area contributed by atoms with E-state index in [1.807, 2.05) is 44.2 Å². The van der Waals surface area contributed by atoms with Crippen molar-refractivity contribution in [2.75, 3.05) is 0 Å². The molecule has 0 spiro atoms. The lowest BCUT2D eigenvalue weighted by atomic mass is 10.0. The first-order valence-electron chi connectivity index (χ1n) is 5.84. The molecule has 0 aliphatic heterocycles. The van der Waals surface area contributed by atoms with Crippen molar-refractivity contribution in [3.05, 3.63) is 42.0 Å². The van der Waals surface area contributed by atoms with Gasteiger partial charge >= 0.3 is 0 Å². The van der Waals surface area contributed by atoms with Crippen LogP contribution in [0.5, 0.6) is 0 Å². The van der Waals surface area contributed by atoms with Gasteiger partial charge in [0.1, 0.15) is 11.6 Å². The number of hydrogen-bond donors (Lipinski definition) is 1. The number of hydrogen-bond acceptors (Lipinski definition) is 3. The molecular weight excluding hydrogens is 212 g/mol. The zero-order valence-corrected chi connectivity index (χ0v) is 10.5. The van der Waals surface area contributed by atoms with Gasteiger partial charge in [-0.2, -0.15) is 0 Å². The third-order valence-electron chi connectivity index (χ3n) is 3.06. The van der Waals surface area contributed by atoms with Crippen LogP contribution in [0.15, 0.2) is 30.3 Å². The van der Waals surface area contributed by atoms with Crippen LogP contribution in [-0.4, -0.2) is 20.8 Å². The highest BCUT2D eigenvalue weighted by atomic mass is 15.3. The van der Waals surface area contributed by atoms with E-state index >= 15 is 0 Å². The molecule has 1 heterocycles. The summed E-state index contributed by atoms with van der Waals surface area (Å²) in [5.74, 6) is 1.99. The monoisotopic (exact) mass is 230 g/mol. The van der Waals surface area contributed by atoms with Crippen LogP contribution in [0, 0.1) is 6.92 Å². The Balaban J connectivity index is 2.51. The van der Waals surface area contributed by atoms with Crippen molar-refractivity contribution in [1.82, 2.24) is 14.8 Å². The number of nitrogens with two attached hydrogens (primary N) is 1. The number of nitrogens with zero attached hydrogens (tertiary/aromatic N) is 3. The van der Waals surface area contributed by atoms with Gasteiger partial charge in [0.25, 0.3) is 0 Å². The van der Waals surface area contributed by atoms with Crippen LogP contribution in [-0.2, 0) is 0 Å². The van der Waals surface area contributed by atoms with E-state index in [4.69, 9.17) is 5.73 Å². The molecule has 0 radical (unpaired) electrons. The highest BCUT2D eigenvalue weighted by molar-refractivity contribution is 5.34. The van der Waals surface area contributed by atoms with Gasteiger partial charge in [0, 0.05) is 17.6 Å². The fourth-order valence-corrected chi connectivity index (χ4v) is 1.80. The Morgan fingerprint density at radius 1 is 1.12 bits per heavy atom.